The van der Waals surface area contributed by atoms with Gasteiger partial charge >= 0.3 is 0 Å². The highest BCUT2D eigenvalue weighted by Crippen LogP contribution is 2.28. The molecule has 0 aliphatic rings. The Labute approximate surface area is 107 Å². The zero-order chi connectivity index (χ0) is 13.0. The molecule has 0 aliphatic heterocycles. The molecule has 0 spiro atoms. The van der Waals surface area contributed by atoms with E-state index in [1.165, 1.54) is 0 Å². The average molecular weight is 246 g/mol. The van der Waals surface area contributed by atoms with E-state index in [0.717, 1.165) is 17.0 Å². The van der Waals surface area contributed by atoms with Crippen LogP contribution in [-0.2, 0) is 6.54 Å². The molecular weight excluding hydrogens is 228 g/mol. The topological polar surface area (TPSA) is 47.3 Å². The van der Waals surface area contributed by atoms with Crippen LogP contribution in [0.25, 0.3) is 11.5 Å². The minimum atomic E-state index is 0.427. The van der Waals surface area contributed by atoms with Crippen LogP contribution in [-0.4, -0.2) is 18.1 Å². The van der Waals surface area contributed by atoms with Gasteiger partial charge in [-0.05, 0) is 12.1 Å². The third-order valence-corrected chi connectivity index (χ3v) is 2.58. The molecule has 0 bridgehead atoms. The van der Waals surface area contributed by atoms with Crippen molar-refractivity contribution in [1.82, 2.24) is 10.3 Å². The van der Waals surface area contributed by atoms with Crippen molar-refractivity contribution >= 4 is 0 Å². The first-order valence-corrected chi connectivity index (χ1v) is 6.02. The Morgan fingerprint density at radius 3 is 2.83 bits per heavy atom. The molecule has 1 aromatic carbocycles. The van der Waals surface area contributed by atoms with Crippen molar-refractivity contribution in [1.29, 1.82) is 0 Å². The second-order valence-electron chi connectivity index (χ2n) is 4.38. The summed E-state index contributed by atoms with van der Waals surface area (Å²) in [6.07, 6.45) is 1.68. The summed E-state index contributed by atoms with van der Waals surface area (Å²) in [6.45, 7) is 4.90. The third kappa shape index (κ3) is 2.90. The maximum absolute atomic E-state index is 5.49. The van der Waals surface area contributed by atoms with E-state index in [0.29, 0.717) is 18.5 Å². The number of hydrogen-bond donors (Lipinski definition) is 1. The second-order valence-corrected chi connectivity index (χ2v) is 4.38. The lowest BCUT2D eigenvalue weighted by Gasteiger charge is -2.05. The van der Waals surface area contributed by atoms with E-state index in [1.54, 1.807) is 13.4 Å². The number of para-hydroxylation sites is 1. The third-order valence-electron chi connectivity index (χ3n) is 2.58. The molecule has 96 valence electrons. The molecule has 1 aromatic heterocycles. The summed E-state index contributed by atoms with van der Waals surface area (Å²) in [5.41, 5.74) is 1.76. The standard InChI is InChI=1S/C14H18N2O2/c1-10(2)15-8-11-9-18-14(16-11)12-6-4-5-7-13(12)17-3/h4-7,9-10,15H,8H2,1-3H3. The van der Waals surface area contributed by atoms with Gasteiger partial charge in [0.1, 0.15) is 12.0 Å². The SMILES string of the molecule is COc1ccccc1-c1nc(CNC(C)C)co1. The number of benzene rings is 1. The molecule has 0 unspecified atom stereocenters. The predicted octanol–water partition coefficient (Wildman–Crippen LogP) is 2.85. The molecule has 1 heterocycles. The highest BCUT2D eigenvalue weighted by molar-refractivity contribution is 5.62. The Bertz CT molecular complexity index is 506. The molecule has 2 rings (SSSR count). The number of ether oxygens (including phenoxy) is 1. The first-order chi connectivity index (χ1) is 8.70. The number of hydrogen-bond acceptors (Lipinski definition) is 4. The van der Waals surface area contributed by atoms with Crippen LogP contribution in [0.5, 0.6) is 5.75 Å². The van der Waals surface area contributed by atoms with E-state index in [-0.39, 0.29) is 0 Å². The quantitative estimate of drug-likeness (QED) is 0.881. The van der Waals surface area contributed by atoms with E-state index in [9.17, 15) is 0 Å². The van der Waals surface area contributed by atoms with Crippen LogP contribution >= 0.6 is 0 Å². The van der Waals surface area contributed by atoms with Gasteiger partial charge in [0.05, 0.1) is 18.4 Å². The van der Waals surface area contributed by atoms with Crippen molar-refractivity contribution in [2.45, 2.75) is 26.4 Å². The number of rotatable bonds is 5. The molecule has 4 nitrogen and oxygen atoms in total. The summed E-state index contributed by atoms with van der Waals surface area (Å²) in [5, 5.41) is 3.30. The summed E-state index contributed by atoms with van der Waals surface area (Å²) >= 11 is 0. The maximum atomic E-state index is 5.49. The van der Waals surface area contributed by atoms with E-state index in [2.05, 4.69) is 24.1 Å². The first kappa shape index (κ1) is 12.6. The lowest BCUT2D eigenvalue weighted by molar-refractivity contribution is 0.414. The normalized spacial score (nSPS) is 10.9. The molecule has 0 fully saturated rings. The average Bonchev–Trinajstić information content (AvgIpc) is 2.85. The van der Waals surface area contributed by atoms with E-state index < -0.39 is 0 Å². The zero-order valence-electron chi connectivity index (χ0n) is 10.9. The Morgan fingerprint density at radius 2 is 2.11 bits per heavy atom. The van der Waals surface area contributed by atoms with Gasteiger partial charge in [-0.2, -0.15) is 0 Å². The molecule has 1 N–H and O–H groups in total. The van der Waals surface area contributed by atoms with Gasteiger partial charge in [-0.1, -0.05) is 26.0 Å². The second kappa shape index (κ2) is 5.69. The maximum Gasteiger partial charge on any atom is 0.229 e. The lowest BCUT2D eigenvalue weighted by atomic mass is 10.2. The van der Waals surface area contributed by atoms with Gasteiger partial charge in [0.25, 0.3) is 0 Å². The molecule has 18 heavy (non-hydrogen) atoms. The molecule has 2 aromatic rings. The van der Waals surface area contributed by atoms with Gasteiger partial charge in [0.2, 0.25) is 5.89 Å². The van der Waals surface area contributed by atoms with Crippen molar-refractivity contribution in [2.75, 3.05) is 7.11 Å². The zero-order valence-corrected chi connectivity index (χ0v) is 10.9. The van der Waals surface area contributed by atoms with Gasteiger partial charge in [0, 0.05) is 12.6 Å². The van der Waals surface area contributed by atoms with E-state index >= 15 is 0 Å². The summed E-state index contributed by atoms with van der Waals surface area (Å²) in [7, 11) is 1.64. The monoisotopic (exact) mass is 246 g/mol. The smallest absolute Gasteiger partial charge is 0.229 e. The Kier molecular flexibility index (Phi) is 3.99. The number of nitrogens with one attached hydrogen (secondary N) is 1. The lowest BCUT2D eigenvalue weighted by Crippen LogP contribution is -2.21. The summed E-state index contributed by atoms with van der Waals surface area (Å²) in [5.74, 6) is 1.36. The minimum Gasteiger partial charge on any atom is -0.496 e. The van der Waals surface area contributed by atoms with Gasteiger partial charge in [-0.3, -0.25) is 0 Å². The van der Waals surface area contributed by atoms with Crippen molar-refractivity contribution < 1.29 is 9.15 Å². The van der Waals surface area contributed by atoms with Gasteiger partial charge in [-0.15, -0.1) is 0 Å². The fourth-order valence-electron chi connectivity index (χ4n) is 1.64. The van der Waals surface area contributed by atoms with Crippen LogP contribution in [0, 0.1) is 0 Å². The molecule has 0 saturated heterocycles. The summed E-state index contributed by atoms with van der Waals surface area (Å²) in [4.78, 5) is 4.45. The number of nitrogens with zero attached hydrogens (tertiary/aromatic N) is 1. The number of oxazole rings is 1. The van der Waals surface area contributed by atoms with Crippen molar-refractivity contribution in [3.63, 3.8) is 0 Å². The predicted molar refractivity (Wildman–Crippen MR) is 70.5 cm³/mol. The summed E-state index contributed by atoms with van der Waals surface area (Å²) < 4.78 is 10.8. The van der Waals surface area contributed by atoms with Crippen LogP contribution in [0.2, 0.25) is 0 Å². The molecule has 0 radical (unpaired) electrons. The van der Waals surface area contributed by atoms with Crippen LogP contribution in [0.4, 0.5) is 0 Å². The fraction of sp³-hybridized carbons (Fsp3) is 0.357. The highest BCUT2D eigenvalue weighted by atomic mass is 16.5. The van der Waals surface area contributed by atoms with Gasteiger partial charge in [-0.25, -0.2) is 4.98 Å². The molecule has 0 saturated carbocycles. The number of methoxy groups -OCH3 is 1. The molecule has 4 heteroatoms. The van der Waals surface area contributed by atoms with Crippen LogP contribution in [0.15, 0.2) is 34.9 Å². The molecular formula is C14H18N2O2. The largest absolute Gasteiger partial charge is 0.496 e. The van der Waals surface area contributed by atoms with E-state index in [4.69, 9.17) is 9.15 Å². The molecule has 0 atom stereocenters. The molecule has 0 amide bonds. The fourth-order valence-corrected chi connectivity index (χ4v) is 1.64. The Hall–Kier alpha value is -1.81. The highest BCUT2D eigenvalue weighted by Gasteiger charge is 2.11. The van der Waals surface area contributed by atoms with Crippen LogP contribution in [0.1, 0.15) is 19.5 Å². The minimum absolute atomic E-state index is 0.427. The first-order valence-electron chi connectivity index (χ1n) is 6.02. The van der Waals surface area contributed by atoms with Crippen molar-refractivity contribution in [3.05, 3.63) is 36.2 Å². The van der Waals surface area contributed by atoms with Crippen LogP contribution < -0.4 is 10.1 Å². The Balaban J connectivity index is 2.18. The van der Waals surface area contributed by atoms with E-state index in [1.807, 2.05) is 24.3 Å². The van der Waals surface area contributed by atoms with Gasteiger partial charge in [0.15, 0.2) is 0 Å². The number of aromatic nitrogens is 1. The summed E-state index contributed by atoms with van der Waals surface area (Å²) in [6, 6.07) is 8.12. The van der Waals surface area contributed by atoms with Crippen molar-refractivity contribution in [2.24, 2.45) is 0 Å². The van der Waals surface area contributed by atoms with Crippen LogP contribution in [0.3, 0.4) is 0 Å². The van der Waals surface area contributed by atoms with Gasteiger partial charge < -0.3 is 14.5 Å². The molecule has 0 aliphatic carbocycles. The Morgan fingerprint density at radius 1 is 1.33 bits per heavy atom. The van der Waals surface area contributed by atoms with Crippen molar-refractivity contribution in [3.8, 4) is 17.2 Å².